The van der Waals surface area contributed by atoms with Crippen molar-refractivity contribution in [2.75, 3.05) is 47.0 Å². The summed E-state index contributed by atoms with van der Waals surface area (Å²) in [5, 5.41) is 26.4. The first-order chi connectivity index (χ1) is 31.2. The Balaban J connectivity index is 1.27. The lowest BCUT2D eigenvalue weighted by Crippen LogP contribution is -2.69. The Kier molecular flexibility index (Phi) is 11.3. The molecule has 352 valence electrons. The van der Waals surface area contributed by atoms with E-state index in [0.717, 1.165) is 16.7 Å². The summed E-state index contributed by atoms with van der Waals surface area (Å²) in [6, 6.07) is 4.93. The number of nitrogens with one attached hydrogen (secondary N) is 1. The number of hydrogen-bond acceptors (Lipinski definition) is 18. The minimum absolute atomic E-state index is 0.00529. The van der Waals surface area contributed by atoms with Crippen LogP contribution in [-0.4, -0.2) is 109 Å². The molecule has 0 radical (unpaired) electrons. The molecule has 0 aromatic heterocycles. The molecule has 1 unspecified atom stereocenters. The maximum Gasteiger partial charge on any atom is 0.514 e. The van der Waals surface area contributed by atoms with Crippen molar-refractivity contribution < 1.29 is 62.1 Å². The third-order valence-corrected chi connectivity index (χ3v) is 14.8. The first kappa shape index (κ1) is 45.5. The first-order valence-electron chi connectivity index (χ1n) is 22.0. The zero-order chi connectivity index (χ0) is 47.4. The maximum absolute atomic E-state index is 15.2. The number of aromatic hydroxyl groups is 1. The van der Waals surface area contributed by atoms with Crippen molar-refractivity contribution in [1.29, 1.82) is 5.26 Å². The van der Waals surface area contributed by atoms with Crippen LogP contribution < -0.4 is 33.7 Å². The molecule has 4 bridgehead atoms. The molecule has 7 atom stereocenters. The monoisotopic (exact) mass is 928 g/mol. The average Bonchev–Trinajstić information content (AvgIpc) is 3.73. The molecule has 3 aromatic rings. The van der Waals surface area contributed by atoms with Gasteiger partial charge in [-0.15, -0.1) is 11.8 Å². The van der Waals surface area contributed by atoms with Crippen molar-refractivity contribution in [3.05, 3.63) is 62.7 Å². The highest BCUT2D eigenvalue weighted by Gasteiger charge is 2.62. The summed E-state index contributed by atoms with van der Waals surface area (Å²) >= 11 is 1.43. The molecular weight excluding hydrogens is 873 g/mol. The molecule has 7 aliphatic rings. The smallest absolute Gasteiger partial charge is 0.504 e. The van der Waals surface area contributed by atoms with Crippen molar-refractivity contribution in [1.82, 2.24) is 15.1 Å². The highest BCUT2D eigenvalue weighted by atomic mass is 32.2. The van der Waals surface area contributed by atoms with Gasteiger partial charge in [-0.1, -0.05) is 6.07 Å². The number of thioether (sulfide) groups is 1. The Morgan fingerprint density at radius 2 is 1.61 bits per heavy atom. The van der Waals surface area contributed by atoms with Gasteiger partial charge in [0.25, 0.3) is 0 Å². The van der Waals surface area contributed by atoms with Crippen molar-refractivity contribution in [3.8, 4) is 46.3 Å². The van der Waals surface area contributed by atoms with E-state index in [1.54, 1.807) is 60.6 Å². The molecule has 17 nitrogen and oxygen atoms in total. The number of esters is 1. The molecule has 0 saturated carbocycles. The number of likely N-dealkylation sites (N-methyl/N-ethyl adjacent to an activating group) is 1. The Morgan fingerprint density at radius 1 is 0.909 bits per heavy atom. The lowest BCUT2D eigenvalue weighted by Gasteiger charge is -2.62. The fourth-order valence-corrected chi connectivity index (χ4v) is 12.5. The van der Waals surface area contributed by atoms with Gasteiger partial charge in [-0.05, 0) is 110 Å². The summed E-state index contributed by atoms with van der Waals surface area (Å²) in [6.07, 6.45) is -0.916. The fraction of sp³-hybridized carbons (Fsp3) is 0.542. The van der Waals surface area contributed by atoms with Gasteiger partial charge in [0.05, 0.1) is 37.6 Å². The normalized spacial score (nSPS) is 26.4. The SMILES string of the molecule is COc1cc2c(cc1OC(=O)OC(C)(C)C)CCN[C@]21CS[C@@H]2c3c(OC(=O)OC(C)(C)C)c(C)c4c(c3[C@H](COC1=O)N1C2[C@@H]2c3c(cc(C)c(OC)c3O)C[C@@H]([C@@H]1C#N)N2C)OCO4. The second-order valence-corrected chi connectivity index (χ2v) is 20.7. The molecule has 2 fully saturated rings. The molecule has 2 saturated heterocycles. The summed E-state index contributed by atoms with van der Waals surface area (Å²) in [4.78, 5) is 46.2. The van der Waals surface area contributed by atoms with Crippen LogP contribution in [0.2, 0.25) is 0 Å². The number of methoxy groups -OCH3 is 2. The van der Waals surface area contributed by atoms with Crippen LogP contribution in [-0.2, 0) is 37.4 Å². The second-order valence-electron chi connectivity index (χ2n) is 19.6. The number of phenols is 1. The minimum Gasteiger partial charge on any atom is -0.504 e. The standard InChI is InChI=1S/C48H56N4O13S/c1-22-14-25-15-27-28(18-49)52-29-19-59-43(54)48(26-17-30(57-10)31(16-24(26)12-13-50-48)62-44(55)64-46(3,4)5)20-66-42(36(52)35(51(27)9)32(25)37(53)38(22)58-11)34-33(29)41-40(60-21-61-41)23(2)39(34)63-45(56)65-47(6,7)8/h14,16-17,27-29,35-36,42,50,53H,12-13,15,19-21H2,1-11H3/t27-,28-,29-,35-,36?,42+,48+/m0/s1. The molecule has 7 heterocycles. The van der Waals surface area contributed by atoms with E-state index in [1.807, 2.05) is 20.0 Å². The zero-order valence-corrected chi connectivity index (χ0v) is 39.9. The van der Waals surface area contributed by atoms with Crippen LogP contribution in [0.15, 0.2) is 18.2 Å². The third-order valence-electron chi connectivity index (χ3n) is 13.3. The van der Waals surface area contributed by atoms with Gasteiger partial charge < -0.3 is 47.7 Å². The topological polar surface area (TPSA) is 197 Å². The number of carbonyl (C=O) groups excluding carboxylic acids is 3. The number of nitrogens with zero attached hydrogens (tertiary/aromatic N) is 3. The van der Waals surface area contributed by atoms with Crippen LogP contribution in [0.4, 0.5) is 9.59 Å². The Bertz CT molecular complexity index is 2580. The maximum atomic E-state index is 15.2. The van der Waals surface area contributed by atoms with Gasteiger partial charge in [0, 0.05) is 46.6 Å². The largest absolute Gasteiger partial charge is 0.514 e. The molecule has 7 aliphatic heterocycles. The summed E-state index contributed by atoms with van der Waals surface area (Å²) in [7, 11) is 4.94. The van der Waals surface area contributed by atoms with Gasteiger partial charge in [0.1, 0.15) is 29.6 Å². The minimum atomic E-state index is -1.49. The summed E-state index contributed by atoms with van der Waals surface area (Å²) < 4.78 is 53.8. The van der Waals surface area contributed by atoms with Crippen molar-refractivity contribution in [2.45, 2.75) is 120 Å². The van der Waals surface area contributed by atoms with E-state index in [4.69, 9.17) is 42.6 Å². The van der Waals surface area contributed by atoms with Crippen molar-refractivity contribution in [2.24, 2.45) is 0 Å². The van der Waals surface area contributed by atoms with E-state index in [0.29, 0.717) is 64.5 Å². The lowest BCUT2D eigenvalue weighted by molar-refractivity contribution is -0.157. The summed E-state index contributed by atoms with van der Waals surface area (Å²) in [5.41, 5.74) is 2.09. The zero-order valence-electron chi connectivity index (χ0n) is 39.0. The number of fused-ring (bicyclic) bond motifs is 9. The number of ether oxygens (including phenoxy) is 9. The number of hydrogen-bond donors (Lipinski definition) is 2. The Labute approximate surface area is 387 Å². The highest BCUT2D eigenvalue weighted by molar-refractivity contribution is 7.99. The van der Waals surface area contributed by atoms with Gasteiger partial charge in [-0.25, -0.2) is 14.4 Å². The van der Waals surface area contributed by atoms with Crippen molar-refractivity contribution >= 4 is 30.0 Å². The molecule has 3 aromatic carbocycles. The third kappa shape index (κ3) is 7.29. The van der Waals surface area contributed by atoms with Crippen LogP contribution in [0.25, 0.3) is 0 Å². The van der Waals surface area contributed by atoms with Crippen molar-refractivity contribution in [3.63, 3.8) is 0 Å². The predicted octanol–water partition coefficient (Wildman–Crippen LogP) is 6.98. The van der Waals surface area contributed by atoms with Crippen LogP contribution in [0.1, 0.15) is 103 Å². The average molecular weight is 929 g/mol. The quantitative estimate of drug-likeness (QED) is 0.154. The molecular formula is C48H56N4O13S. The predicted molar refractivity (Wildman–Crippen MR) is 239 cm³/mol. The molecule has 2 N–H and O–H groups in total. The van der Waals surface area contributed by atoms with E-state index >= 15 is 4.79 Å². The molecule has 66 heavy (non-hydrogen) atoms. The van der Waals surface area contributed by atoms with Gasteiger partial charge in [0.2, 0.25) is 6.79 Å². The van der Waals surface area contributed by atoms with E-state index in [9.17, 15) is 20.0 Å². The van der Waals surface area contributed by atoms with E-state index in [-0.39, 0.29) is 48.2 Å². The van der Waals surface area contributed by atoms with Gasteiger partial charge >= 0.3 is 18.3 Å². The van der Waals surface area contributed by atoms with E-state index < -0.39 is 64.4 Å². The number of carbonyl (C=O) groups is 3. The number of phenolic OH excluding ortho intramolecular Hbond substituents is 1. The molecule has 1 spiro atoms. The number of aryl methyl sites for hydroxylation is 1. The Morgan fingerprint density at radius 3 is 2.27 bits per heavy atom. The molecule has 10 rings (SSSR count). The molecule has 0 aliphatic carbocycles. The van der Waals surface area contributed by atoms with E-state index in [2.05, 4.69) is 21.2 Å². The second kappa shape index (κ2) is 16.3. The van der Waals surface area contributed by atoms with Crippen LogP contribution >= 0.6 is 11.8 Å². The van der Waals surface area contributed by atoms with Gasteiger partial charge in [-0.3, -0.25) is 15.1 Å². The van der Waals surface area contributed by atoms with Crippen LogP contribution in [0, 0.1) is 25.2 Å². The van der Waals surface area contributed by atoms with E-state index in [1.165, 1.54) is 26.0 Å². The Hall–Kier alpha value is -5.61. The number of rotatable bonds is 4. The lowest BCUT2D eigenvalue weighted by atomic mass is 9.71. The summed E-state index contributed by atoms with van der Waals surface area (Å²) in [6.45, 7) is 14.1. The number of piperazine rings is 1. The highest BCUT2D eigenvalue weighted by Crippen LogP contribution is 2.65. The number of nitriles is 1. The fourth-order valence-electron chi connectivity index (χ4n) is 10.8. The molecule has 18 heteroatoms. The van der Waals surface area contributed by atoms with Crippen LogP contribution in [0.3, 0.4) is 0 Å². The molecule has 0 amide bonds. The number of benzene rings is 3. The van der Waals surface area contributed by atoms with Gasteiger partial charge in [0.15, 0.2) is 40.0 Å². The summed E-state index contributed by atoms with van der Waals surface area (Å²) in [5.74, 6) is 1.14. The van der Waals surface area contributed by atoms with Crippen LogP contribution in [0.5, 0.6) is 40.2 Å². The van der Waals surface area contributed by atoms with Gasteiger partial charge in [-0.2, -0.15) is 5.26 Å². The first-order valence-corrected chi connectivity index (χ1v) is 23.1.